The molecular formula is C11H14N6O3. The lowest BCUT2D eigenvalue weighted by Gasteiger charge is -2.07. The minimum absolute atomic E-state index is 0.0432. The van der Waals surface area contributed by atoms with Crippen LogP contribution in [-0.2, 0) is 6.42 Å². The minimum atomic E-state index is -0.478. The zero-order chi connectivity index (χ0) is 14.5. The molecule has 0 radical (unpaired) electrons. The van der Waals surface area contributed by atoms with Crippen molar-refractivity contribution in [2.75, 3.05) is 17.3 Å². The Morgan fingerprint density at radius 2 is 2.15 bits per heavy atom. The van der Waals surface area contributed by atoms with Gasteiger partial charge in [0.2, 0.25) is 5.89 Å². The van der Waals surface area contributed by atoms with E-state index in [-0.39, 0.29) is 5.69 Å². The minimum Gasteiger partial charge on any atom is -0.384 e. The highest BCUT2D eigenvalue weighted by Gasteiger charge is 2.09. The monoisotopic (exact) mass is 278 g/mol. The van der Waals surface area contributed by atoms with Crippen molar-refractivity contribution < 1.29 is 9.45 Å². The smallest absolute Gasteiger partial charge is 0.273 e. The third kappa shape index (κ3) is 3.42. The molecule has 0 saturated heterocycles. The first-order valence-electron chi connectivity index (χ1n) is 5.87. The molecule has 0 fully saturated rings. The zero-order valence-corrected chi connectivity index (χ0v) is 10.8. The Balaban J connectivity index is 2.01. The maximum absolute atomic E-state index is 10.8. The molecule has 1 aromatic heterocycles. The van der Waals surface area contributed by atoms with Crippen molar-refractivity contribution in [3.63, 3.8) is 0 Å². The van der Waals surface area contributed by atoms with Crippen LogP contribution in [0.15, 0.2) is 22.7 Å². The van der Waals surface area contributed by atoms with E-state index in [1.54, 1.807) is 13.0 Å². The van der Waals surface area contributed by atoms with Gasteiger partial charge in [0, 0.05) is 37.7 Å². The molecule has 1 heterocycles. The molecular weight excluding hydrogens is 264 g/mol. The predicted molar refractivity (Wildman–Crippen MR) is 72.1 cm³/mol. The third-order valence-electron chi connectivity index (χ3n) is 2.54. The van der Waals surface area contributed by atoms with E-state index in [9.17, 15) is 10.1 Å². The van der Waals surface area contributed by atoms with Crippen molar-refractivity contribution in [1.29, 1.82) is 0 Å². The Morgan fingerprint density at radius 3 is 2.75 bits per heavy atom. The van der Waals surface area contributed by atoms with Gasteiger partial charge in [0.05, 0.1) is 10.6 Å². The van der Waals surface area contributed by atoms with E-state index in [0.29, 0.717) is 36.1 Å². The lowest BCUT2D eigenvalue weighted by Crippen LogP contribution is -2.09. The van der Waals surface area contributed by atoms with Crippen LogP contribution in [0.2, 0.25) is 0 Å². The summed E-state index contributed by atoms with van der Waals surface area (Å²) < 4.78 is 4.85. The molecule has 0 bridgehead atoms. The summed E-state index contributed by atoms with van der Waals surface area (Å²) in [6.07, 6.45) is 0.547. The van der Waals surface area contributed by atoms with Gasteiger partial charge >= 0.3 is 0 Å². The number of nitrogens with two attached hydrogens (primary N) is 1. The predicted octanol–water partition coefficient (Wildman–Crippen LogP) is 1.23. The number of nitro benzene ring substituents is 1. The molecule has 0 aliphatic carbocycles. The summed E-state index contributed by atoms with van der Waals surface area (Å²) in [5.74, 6) is 6.36. The second-order valence-electron chi connectivity index (χ2n) is 4.08. The second-order valence-corrected chi connectivity index (χ2v) is 4.08. The first-order chi connectivity index (χ1) is 9.58. The molecule has 9 nitrogen and oxygen atoms in total. The zero-order valence-electron chi connectivity index (χ0n) is 10.8. The molecule has 0 unspecified atom stereocenters. The first kappa shape index (κ1) is 13.7. The van der Waals surface area contributed by atoms with Crippen LogP contribution in [0.1, 0.15) is 11.7 Å². The number of hydrazine groups is 1. The molecule has 20 heavy (non-hydrogen) atoms. The highest BCUT2D eigenvalue weighted by Crippen LogP contribution is 2.23. The number of hydrogen-bond acceptors (Lipinski definition) is 8. The van der Waals surface area contributed by atoms with Crippen LogP contribution in [0.3, 0.4) is 0 Å². The molecule has 106 valence electrons. The number of anilines is 2. The van der Waals surface area contributed by atoms with E-state index in [1.807, 2.05) is 0 Å². The number of non-ortho nitro benzene ring substituents is 1. The number of nitro groups is 1. The Bertz CT molecular complexity index is 612. The molecule has 4 N–H and O–H groups in total. The summed E-state index contributed by atoms with van der Waals surface area (Å²) in [5.41, 5.74) is 3.39. The molecule has 0 atom stereocenters. The summed E-state index contributed by atoms with van der Waals surface area (Å²) in [6.45, 7) is 2.23. The van der Waals surface area contributed by atoms with Crippen molar-refractivity contribution in [2.24, 2.45) is 5.84 Å². The van der Waals surface area contributed by atoms with E-state index in [4.69, 9.17) is 10.4 Å². The molecule has 9 heteroatoms. The first-order valence-corrected chi connectivity index (χ1v) is 5.87. The molecule has 0 spiro atoms. The van der Waals surface area contributed by atoms with Crippen LogP contribution < -0.4 is 16.6 Å². The van der Waals surface area contributed by atoms with Crippen molar-refractivity contribution >= 4 is 17.1 Å². The fourth-order valence-electron chi connectivity index (χ4n) is 1.66. The third-order valence-corrected chi connectivity index (χ3v) is 2.54. The Morgan fingerprint density at radius 1 is 1.40 bits per heavy atom. The van der Waals surface area contributed by atoms with Crippen LogP contribution in [-0.4, -0.2) is 21.6 Å². The molecule has 2 aromatic rings. The van der Waals surface area contributed by atoms with Gasteiger partial charge in [0.25, 0.3) is 5.69 Å². The average Bonchev–Trinajstić information content (AvgIpc) is 2.84. The highest BCUT2D eigenvalue weighted by atomic mass is 16.6. The van der Waals surface area contributed by atoms with Gasteiger partial charge in [-0.05, 0) is 6.07 Å². The lowest BCUT2D eigenvalue weighted by atomic mass is 10.2. The van der Waals surface area contributed by atoms with Crippen LogP contribution in [0.4, 0.5) is 17.1 Å². The van der Waals surface area contributed by atoms with Crippen LogP contribution in [0, 0.1) is 17.0 Å². The standard InChI is InChI=1S/C11H14N6O3/c1-7-14-11(16-20-7)2-3-13-8-4-9(15-12)6-10(5-8)17(18)19/h4-6,13,15H,2-3,12H2,1H3. The summed E-state index contributed by atoms with van der Waals surface area (Å²) in [5, 5.41) is 17.6. The normalized spacial score (nSPS) is 10.3. The van der Waals surface area contributed by atoms with Gasteiger partial charge in [0.15, 0.2) is 5.82 Å². The van der Waals surface area contributed by atoms with Crippen molar-refractivity contribution in [2.45, 2.75) is 13.3 Å². The maximum atomic E-state index is 10.8. The molecule has 0 aliphatic heterocycles. The molecule has 2 rings (SSSR count). The number of nitrogens with one attached hydrogen (secondary N) is 2. The number of benzene rings is 1. The van der Waals surface area contributed by atoms with Gasteiger partial charge in [-0.3, -0.25) is 16.0 Å². The fourth-order valence-corrected chi connectivity index (χ4v) is 1.66. The second kappa shape index (κ2) is 5.97. The number of nitrogens with zero attached hydrogens (tertiary/aromatic N) is 3. The van der Waals surface area contributed by atoms with Gasteiger partial charge in [-0.25, -0.2) is 0 Å². The van der Waals surface area contributed by atoms with Crippen LogP contribution in [0.25, 0.3) is 0 Å². The molecule has 0 amide bonds. The molecule has 0 aliphatic rings. The number of rotatable bonds is 6. The summed E-state index contributed by atoms with van der Waals surface area (Å²) in [7, 11) is 0. The largest absolute Gasteiger partial charge is 0.384 e. The Labute approximate surface area is 114 Å². The lowest BCUT2D eigenvalue weighted by molar-refractivity contribution is -0.384. The summed E-state index contributed by atoms with van der Waals surface area (Å²) >= 11 is 0. The Hall–Kier alpha value is -2.68. The maximum Gasteiger partial charge on any atom is 0.273 e. The average molecular weight is 278 g/mol. The van der Waals surface area contributed by atoms with E-state index in [1.165, 1.54) is 12.1 Å². The summed E-state index contributed by atoms with van der Waals surface area (Å²) in [4.78, 5) is 14.4. The van der Waals surface area contributed by atoms with Crippen molar-refractivity contribution in [3.05, 3.63) is 40.0 Å². The van der Waals surface area contributed by atoms with Gasteiger partial charge in [0.1, 0.15) is 0 Å². The van der Waals surface area contributed by atoms with Crippen LogP contribution >= 0.6 is 0 Å². The van der Waals surface area contributed by atoms with Crippen molar-refractivity contribution in [1.82, 2.24) is 10.1 Å². The Kier molecular flexibility index (Phi) is 4.11. The van der Waals surface area contributed by atoms with Gasteiger partial charge in [-0.2, -0.15) is 4.98 Å². The van der Waals surface area contributed by atoms with E-state index in [2.05, 4.69) is 20.9 Å². The topological polar surface area (TPSA) is 132 Å². The van der Waals surface area contributed by atoms with Gasteiger partial charge in [-0.1, -0.05) is 5.16 Å². The number of nitrogen functional groups attached to an aromatic ring is 1. The number of aryl methyl sites for hydroxylation is 1. The summed E-state index contributed by atoms with van der Waals surface area (Å²) in [6, 6.07) is 4.46. The van der Waals surface area contributed by atoms with Gasteiger partial charge < -0.3 is 15.3 Å². The van der Waals surface area contributed by atoms with Gasteiger partial charge in [-0.15, -0.1) is 0 Å². The van der Waals surface area contributed by atoms with Crippen molar-refractivity contribution in [3.8, 4) is 0 Å². The SMILES string of the molecule is Cc1nc(CCNc2cc(NN)cc([N+](=O)[O-])c2)no1. The highest BCUT2D eigenvalue weighted by molar-refractivity contribution is 5.63. The van der Waals surface area contributed by atoms with E-state index >= 15 is 0 Å². The fraction of sp³-hybridized carbons (Fsp3) is 0.273. The van der Waals surface area contributed by atoms with Crippen LogP contribution in [0.5, 0.6) is 0 Å². The molecule has 0 saturated carbocycles. The molecule has 1 aromatic carbocycles. The van der Waals surface area contributed by atoms with E-state index < -0.39 is 4.92 Å². The van der Waals surface area contributed by atoms with E-state index in [0.717, 1.165) is 0 Å². The number of aromatic nitrogens is 2. The quantitative estimate of drug-likeness (QED) is 0.408. The number of hydrogen-bond donors (Lipinski definition) is 3.